The van der Waals surface area contributed by atoms with Gasteiger partial charge in [0.1, 0.15) is 0 Å². The van der Waals surface area contributed by atoms with Gasteiger partial charge in [0.2, 0.25) is 0 Å². The van der Waals surface area contributed by atoms with Crippen molar-refractivity contribution < 1.29 is 23.1 Å². The van der Waals surface area contributed by atoms with Gasteiger partial charge in [0, 0.05) is 17.6 Å². The lowest BCUT2D eigenvalue weighted by Crippen LogP contribution is -2.42. The molecule has 0 saturated carbocycles. The molecule has 3 nitrogen and oxygen atoms in total. The van der Waals surface area contributed by atoms with E-state index in [0.717, 1.165) is 12.1 Å². The van der Waals surface area contributed by atoms with E-state index in [1.807, 2.05) is 0 Å². The van der Waals surface area contributed by atoms with E-state index < -0.39 is 23.8 Å². The minimum atomic E-state index is -4.59. The van der Waals surface area contributed by atoms with Gasteiger partial charge in [0.15, 0.2) is 0 Å². The van der Waals surface area contributed by atoms with Crippen LogP contribution in [0.4, 0.5) is 13.2 Å². The monoisotopic (exact) mass is 351 g/mol. The summed E-state index contributed by atoms with van der Waals surface area (Å²) in [6.07, 6.45) is -4.11. The fourth-order valence-electron chi connectivity index (χ4n) is 2.25. The standard InChI is InChI=1S/C13H13BrF3NO2/c14-8-3-4-10(11(6-8)13(15,16)17)12(20)18-5-1-2-9(19)7-18/h3-4,6,9,19H,1-2,5,7H2/t9-/m0/s1. The van der Waals surface area contributed by atoms with E-state index in [-0.39, 0.29) is 16.6 Å². The minimum Gasteiger partial charge on any atom is -0.391 e. The topological polar surface area (TPSA) is 40.5 Å². The van der Waals surface area contributed by atoms with Gasteiger partial charge in [0.05, 0.1) is 17.2 Å². The number of β-amino-alcohol motifs (C(OH)–C–C–N with tert-alkyl or cyclic N) is 1. The number of halogens is 4. The Kier molecular flexibility index (Phi) is 4.39. The normalized spacial score (nSPS) is 20.1. The molecule has 1 aromatic rings. The first-order valence-electron chi connectivity index (χ1n) is 6.13. The molecule has 20 heavy (non-hydrogen) atoms. The minimum absolute atomic E-state index is 0.0756. The number of rotatable bonds is 1. The Balaban J connectivity index is 2.34. The van der Waals surface area contributed by atoms with Crippen LogP contribution >= 0.6 is 15.9 Å². The summed E-state index contributed by atoms with van der Waals surface area (Å²) in [4.78, 5) is 13.5. The first-order chi connectivity index (χ1) is 9.29. The molecule has 1 amide bonds. The van der Waals surface area contributed by atoms with Crippen LogP contribution in [-0.2, 0) is 6.18 Å². The van der Waals surface area contributed by atoms with Crippen molar-refractivity contribution in [3.8, 4) is 0 Å². The Labute approximate surface area is 122 Å². The number of hydrogen-bond acceptors (Lipinski definition) is 2. The average Bonchev–Trinajstić information content (AvgIpc) is 2.37. The number of aliphatic hydroxyl groups is 1. The number of carbonyl (C=O) groups is 1. The number of likely N-dealkylation sites (tertiary alicyclic amines) is 1. The zero-order valence-corrected chi connectivity index (χ0v) is 12.0. The molecule has 1 aliphatic heterocycles. The third-order valence-corrected chi connectivity index (χ3v) is 3.69. The van der Waals surface area contributed by atoms with E-state index in [2.05, 4.69) is 15.9 Å². The molecular weight excluding hydrogens is 339 g/mol. The molecule has 0 radical (unpaired) electrons. The lowest BCUT2D eigenvalue weighted by molar-refractivity contribution is -0.138. The van der Waals surface area contributed by atoms with Crippen LogP contribution in [0.1, 0.15) is 28.8 Å². The molecule has 0 spiro atoms. The van der Waals surface area contributed by atoms with Crippen LogP contribution in [0.5, 0.6) is 0 Å². The van der Waals surface area contributed by atoms with Gasteiger partial charge in [-0.15, -0.1) is 0 Å². The Morgan fingerprint density at radius 1 is 1.40 bits per heavy atom. The number of aliphatic hydroxyl groups excluding tert-OH is 1. The van der Waals surface area contributed by atoms with Crippen LogP contribution in [0, 0.1) is 0 Å². The zero-order valence-electron chi connectivity index (χ0n) is 10.5. The van der Waals surface area contributed by atoms with Crippen molar-refractivity contribution in [1.82, 2.24) is 4.90 Å². The highest BCUT2D eigenvalue weighted by atomic mass is 79.9. The van der Waals surface area contributed by atoms with E-state index >= 15 is 0 Å². The summed E-state index contributed by atoms with van der Waals surface area (Å²) < 4.78 is 39.2. The number of amides is 1. The summed E-state index contributed by atoms with van der Waals surface area (Å²) in [5.41, 5.74) is -1.34. The maximum atomic E-state index is 13.0. The highest BCUT2D eigenvalue weighted by Gasteiger charge is 2.37. The van der Waals surface area contributed by atoms with Gasteiger partial charge in [-0.25, -0.2) is 0 Å². The first kappa shape index (κ1) is 15.3. The smallest absolute Gasteiger partial charge is 0.391 e. The van der Waals surface area contributed by atoms with Gasteiger partial charge in [-0.05, 0) is 31.0 Å². The molecule has 0 unspecified atom stereocenters. The second-order valence-electron chi connectivity index (χ2n) is 4.73. The van der Waals surface area contributed by atoms with E-state index in [1.54, 1.807) is 0 Å². The van der Waals surface area contributed by atoms with E-state index in [1.165, 1.54) is 11.0 Å². The summed E-state index contributed by atoms with van der Waals surface area (Å²) in [7, 11) is 0. The van der Waals surface area contributed by atoms with Gasteiger partial charge < -0.3 is 10.0 Å². The van der Waals surface area contributed by atoms with Crippen LogP contribution in [0.25, 0.3) is 0 Å². The molecular formula is C13H13BrF3NO2. The van der Waals surface area contributed by atoms with Gasteiger partial charge in [-0.1, -0.05) is 15.9 Å². The molecule has 1 aliphatic rings. The number of carbonyl (C=O) groups excluding carboxylic acids is 1. The van der Waals surface area contributed by atoms with E-state index in [9.17, 15) is 23.1 Å². The van der Waals surface area contributed by atoms with Crippen LogP contribution in [0.2, 0.25) is 0 Å². The van der Waals surface area contributed by atoms with Crippen molar-refractivity contribution in [2.45, 2.75) is 25.1 Å². The molecule has 1 saturated heterocycles. The van der Waals surface area contributed by atoms with Crippen molar-refractivity contribution in [3.05, 3.63) is 33.8 Å². The largest absolute Gasteiger partial charge is 0.417 e. The quantitative estimate of drug-likeness (QED) is 0.844. The second-order valence-corrected chi connectivity index (χ2v) is 5.65. The summed E-state index contributed by atoms with van der Waals surface area (Å²) in [5, 5.41) is 9.53. The van der Waals surface area contributed by atoms with E-state index in [4.69, 9.17) is 0 Å². The number of benzene rings is 1. The fraction of sp³-hybridized carbons (Fsp3) is 0.462. The van der Waals surface area contributed by atoms with Crippen LogP contribution in [-0.4, -0.2) is 35.1 Å². The summed E-state index contributed by atoms with van der Waals surface area (Å²) >= 11 is 2.98. The molecule has 0 aromatic heterocycles. The predicted molar refractivity (Wildman–Crippen MR) is 70.3 cm³/mol. The molecule has 1 fully saturated rings. The van der Waals surface area contributed by atoms with Gasteiger partial charge in [-0.2, -0.15) is 13.2 Å². The van der Waals surface area contributed by atoms with Crippen LogP contribution in [0.3, 0.4) is 0 Å². The zero-order chi connectivity index (χ0) is 14.9. The number of piperidine rings is 1. The molecule has 0 aliphatic carbocycles. The van der Waals surface area contributed by atoms with Crippen LogP contribution < -0.4 is 0 Å². The van der Waals surface area contributed by atoms with E-state index in [0.29, 0.717) is 19.4 Å². The van der Waals surface area contributed by atoms with Crippen molar-refractivity contribution in [1.29, 1.82) is 0 Å². The van der Waals surface area contributed by atoms with Crippen LogP contribution in [0.15, 0.2) is 22.7 Å². The van der Waals surface area contributed by atoms with Gasteiger partial charge in [0.25, 0.3) is 5.91 Å². The second kappa shape index (κ2) is 5.73. The van der Waals surface area contributed by atoms with Crippen molar-refractivity contribution in [2.75, 3.05) is 13.1 Å². The van der Waals surface area contributed by atoms with Gasteiger partial charge >= 0.3 is 6.18 Å². The highest BCUT2D eigenvalue weighted by molar-refractivity contribution is 9.10. The number of alkyl halides is 3. The summed E-state index contributed by atoms with van der Waals surface area (Å²) in [6, 6.07) is 3.46. The summed E-state index contributed by atoms with van der Waals surface area (Å²) in [5.74, 6) is -0.691. The maximum Gasteiger partial charge on any atom is 0.417 e. The average molecular weight is 352 g/mol. The fourth-order valence-corrected chi connectivity index (χ4v) is 2.61. The molecule has 1 heterocycles. The van der Waals surface area contributed by atoms with Crippen molar-refractivity contribution in [3.63, 3.8) is 0 Å². The predicted octanol–water partition coefficient (Wildman–Crippen LogP) is 3.06. The first-order valence-corrected chi connectivity index (χ1v) is 6.92. The SMILES string of the molecule is O=C(c1ccc(Br)cc1C(F)(F)F)N1CCC[C@H](O)C1. The molecule has 7 heteroatoms. The third kappa shape index (κ3) is 3.32. The molecule has 1 atom stereocenters. The lowest BCUT2D eigenvalue weighted by Gasteiger charge is -2.30. The molecule has 1 aromatic carbocycles. The highest BCUT2D eigenvalue weighted by Crippen LogP contribution is 2.34. The van der Waals surface area contributed by atoms with Gasteiger partial charge in [-0.3, -0.25) is 4.79 Å². The summed E-state index contributed by atoms with van der Waals surface area (Å²) in [6.45, 7) is 0.440. The molecule has 2 rings (SSSR count). The number of nitrogens with zero attached hydrogens (tertiary/aromatic N) is 1. The Morgan fingerprint density at radius 2 is 2.10 bits per heavy atom. The molecule has 1 N–H and O–H groups in total. The lowest BCUT2D eigenvalue weighted by atomic mass is 10.0. The third-order valence-electron chi connectivity index (χ3n) is 3.20. The Morgan fingerprint density at radius 3 is 2.70 bits per heavy atom. The van der Waals surface area contributed by atoms with Crippen molar-refractivity contribution >= 4 is 21.8 Å². The number of hydrogen-bond donors (Lipinski definition) is 1. The molecule has 0 bridgehead atoms. The maximum absolute atomic E-state index is 13.0. The Hall–Kier alpha value is -1.08. The molecule has 110 valence electrons. The van der Waals surface area contributed by atoms with Crippen molar-refractivity contribution in [2.24, 2.45) is 0 Å². The Bertz CT molecular complexity index is 519.